The van der Waals surface area contributed by atoms with Crippen LogP contribution in [0.3, 0.4) is 0 Å². The fourth-order valence-corrected chi connectivity index (χ4v) is 3.93. The summed E-state index contributed by atoms with van der Waals surface area (Å²) in [6.07, 6.45) is 7.05. The van der Waals surface area contributed by atoms with Crippen molar-refractivity contribution < 1.29 is 9.32 Å². The zero-order chi connectivity index (χ0) is 14.7. The maximum absolute atomic E-state index is 12.9. The van der Waals surface area contributed by atoms with Crippen molar-refractivity contribution in [3.63, 3.8) is 0 Å². The molecule has 112 valence electrons. The highest BCUT2D eigenvalue weighted by Gasteiger charge is 2.44. The zero-order valence-electron chi connectivity index (χ0n) is 12.2. The van der Waals surface area contributed by atoms with Gasteiger partial charge in [0, 0.05) is 36.3 Å². The lowest BCUT2D eigenvalue weighted by Crippen LogP contribution is -2.42. The molecule has 2 aliphatic heterocycles. The van der Waals surface area contributed by atoms with Crippen LogP contribution >= 0.6 is 0 Å². The van der Waals surface area contributed by atoms with Crippen LogP contribution < -0.4 is 0 Å². The third-order valence-electron chi connectivity index (χ3n) is 5.18. The highest BCUT2D eigenvalue weighted by Crippen LogP contribution is 2.44. The van der Waals surface area contributed by atoms with Gasteiger partial charge in [-0.25, -0.2) is 0 Å². The summed E-state index contributed by atoms with van der Waals surface area (Å²) >= 11 is 0. The Morgan fingerprint density at radius 2 is 2.18 bits per heavy atom. The van der Waals surface area contributed by atoms with Gasteiger partial charge < -0.3 is 9.42 Å². The lowest BCUT2D eigenvalue weighted by Gasteiger charge is -2.35. The lowest BCUT2D eigenvalue weighted by atomic mass is 9.97. The zero-order valence-corrected chi connectivity index (χ0v) is 12.2. The molecule has 5 heteroatoms. The van der Waals surface area contributed by atoms with E-state index in [9.17, 15) is 4.79 Å². The monoisotopic (exact) mass is 295 g/mol. The predicted molar refractivity (Wildman–Crippen MR) is 78.4 cm³/mol. The maximum Gasteiger partial charge on any atom is 0.276 e. The first kappa shape index (κ1) is 12.4. The van der Waals surface area contributed by atoms with Crippen molar-refractivity contribution >= 4 is 5.91 Å². The molecule has 3 aliphatic rings. The molecule has 0 N–H and O–H groups in total. The van der Waals surface area contributed by atoms with Crippen LogP contribution in [0.25, 0.3) is 0 Å². The van der Waals surface area contributed by atoms with Crippen LogP contribution in [-0.4, -0.2) is 27.0 Å². The van der Waals surface area contributed by atoms with Crippen molar-refractivity contribution in [2.75, 3.05) is 0 Å². The Labute approximate surface area is 128 Å². The molecule has 4 heterocycles. The molecule has 2 unspecified atom stereocenters. The minimum absolute atomic E-state index is 0.0117. The fraction of sp³-hybridized carbons (Fsp3) is 0.471. The molecule has 1 saturated carbocycles. The second-order valence-corrected chi connectivity index (χ2v) is 6.59. The first-order chi connectivity index (χ1) is 10.8. The molecule has 1 aliphatic carbocycles. The third kappa shape index (κ3) is 1.74. The molecule has 5 nitrogen and oxygen atoms in total. The van der Waals surface area contributed by atoms with Gasteiger partial charge in [0.1, 0.15) is 5.76 Å². The summed E-state index contributed by atoms with van der Waals surface area (Å²) in [5.74, 6) is 1.37. The van der Waals surface area contributed by atoms with E-state index in [-0.39, 0.29) is 18.0 Å². The Morgan fingerprint density at radius 1 is 1.27 bits per heavy atom. The van der Waals surface area contributed by atoms with Gasteiger partial charge in [0.05, 0.1) is 6.04 Å². The Balaban J connectivity index is 1.48. The average Bonchev–Trinajstić information content (AvgIpc) is 3.19. The number of fused-ring (bicyclic) bond motifs is 4. The van der Waals surface area contributed by atoms with E-state index in [4.69, 9.17) is 4.52 Å². The highest BCUT2D eigenvalue weighted by atomic mass is 16.5. The van der Waals surface area contributed by atoms with Crippen LogP contribution in [0.2, 0.25) is 0 Å². The number of hydrogen-bond acceptors (Lipinski definition) is 4. The number of nitrogens with zero attached hydrogens (tertiary/aromatic N) is 3. The quantitative estimate of drug-likeness (QED) is 0.854. The SMILES string of the molecule is O=C(c1cc(C2CC2)on1)N1C2CCC1c1cccnc1C2. The number of rotatable bonds is 2. The van der Waals surface area contributed by atoms with Crippen molar-refractivity contribution in [2.24, 2.45) is 0 Å². The van der Waals surface area contributed by atoms with E-state index >= 15 is 0 Å². The minimum atomic E-state index is 0.0117. The molecule has 2 aromatic rings. The van der Waals surface area contributed by atoms with E-state index in [1.54, 1.807) is 0 Å². The topological polar surface area (TPSA) is 59.2 Å². The van der Waals surface area contributed by atoms with Gasteiger partial charge >= 0.3 is 0 Å². The molecule has 2 atom stereocenters. The molecule has 22 heavy (non-hydrogen) atoms. The molecule has 2 bridgehead atoms. The molecule has 2 aromatic heterocycles. The van der Waals surface area contributed by atoms with Crippen molar-refractivity contribution in [1.82, 2.24) is 15.0 Å². The number of aromatic nitrogens is 2. The van der Waals surface area contributed by atoms with Crippen molar-refractivity contribution in [2.45, 2.75) is 50.1 Å². The molecule has 1 amide bonds. The predicted octanol–water partition coefficient (Wildman–Crippen LogP) is 2.85. The van der Waals surface area contributed by atoms with Crippen molar-refractivity contribution in [3.8, 4) is 0 Å². The second-order valence-electron chi connectivity index (χ2n) is 6.59. The van der Waals surface area contributed by atoms with E-state index in [1.807, 2.05) is 23.2 Å². The molecular formula is C17H17N3O2. The van der Waals surface area contributed by atoms with Crippen LogP contribution in [0.5, 0.6) is 0 Å². The summed E-state index contributed by atoms with van der Waals surface area (Å²) in [4.78, 5) is 19.4. The first-order valence-electron chi connectivity index (χ1n) is 8.04. The second kappa shape index (κ2) is 4.41. The van der Waals surface area contributed by atoms with Gasteiger partial charge in [-0.3, -0.25) is 9.78 Å². The highest BCUT2D eigenvalue weighted by molar-refractivity contribution is 5.93. The van der Waals surface area contributed by atoms with Crippen molar-refractivity contribution in [1.29, 1.82) is 0 Å². The van der Waals surface area contributed by atoms with Gasteiger partial charge in [0.15, 0.2) is 5.69 Å². The molecule has 2 fully saturated rings. The fourth-order valence-electron chi connectivity index (χ4n) is 3.93. The minimum Gasteiger partial charge on any atom is -0.360 e. The molecule has 0 spiro atoms. The number of carbonyl (C=O) groups excluding carboxylic acids is 1. The maximum atomic E-state index is 12.9. The van der Waals surface area contributed by atoms with E-state index in [1.165, 1.54) is 5.56 Å². The van der Waals surface area contributed by atoms with Crippen molar-refractivity contribution in [3.05, 3.63) is 47.1 Å². The summed E-state index contributed by atoms with van der Waals surface area (Å²) < 4.78 is 5.35. The van der Waals surface area contributed by atoms with Gasteiger partial charge in [-0.15, -0.1) is 0 Å². The van der Waals surface area contributed by atoms with Crippen LogP contribution in [-0.2, 0) is 6.42 Å². The Hall–Kier alpha value is -2.17. The number of pyridine rings is 1. The summed E-state index contributed by atoms with van der Waals surface area (Å²) in [5, 5.41) is 4.02. The summed E-state index contributed by atoms with van der Waals surface area (Å²) in [6, 6.07) is 6.31. The van der Waals surface area contributed by atoms with Gasteiger partial charge in [0.2, 0.25) is 0 Å². The Bertz CT molecular complexity index is 750. The van der Waals surface area contributed by atoms with E-state index < -0.39 is 0 Å². The van der Waals surface area contributed by atoms with Crippen LogP contribution in [0.4, 0.5) is 0 Å². The Morgan fingerprint density at radius 3 is 3.05 bits per heavy atom. The molecule has 1 saturated heterocycles. The van der Waals surface area contributed by atoms with Gasteiger partial charge in [-0.2, -0.15) is 0 Å². The summed E-state index contributed by atoms with van der Waals surface area (Å²) in [7, 11) is 0. The molecular weight excluding hydrogens is 278 g/mol. The molecule has 0 aromatic carbocycles. The lowest BCUT2D eigenvalue weighted by molar-refractivity contribution is 0.0633. The average molecular weight is 295 g/mol. The number of hydrogen-bond donors (Lipinski definition) is 0. The number of amides is 1. The molecule has 5 rings (SSSR count). The normalized spacial score (nSPS) is 26.1. The summed E-state index contributed by atoms with van der Waals surface area (Å²) in [5.41, 5.74) is 2.82. The first-order valence-corrected chi connectivity index (χ1v) is 8.04. The van der Waals surface area contributed by atoms with Gasteiger partial charge in [-0.05, 0) is 37.3 Å². The van der Waals surface area contributed by atoms with Crippen LogP contribution in [0.1, 0.15) is 65.1 Å². The largest absolute Gasteiger partial charge is 0.360 e. The Kier molecular flexibility index (Phi) is 2.48. The molecule has 0 radical (unpaired) electrons. The smallest absolute Gasteiger partial charge is 0.276 e. The van der Waals surface area contributed by atoms with Crippen LogP contribution in [0, 0.1) is 0 Å². The summed E-state index contributed by atoms with van der Waals surface area (Å²) in [6.45, 7) is 0. The van der Waals surface area contributed by atoms with E-state index in [2.05, 4.69) is 16.2 Å². The van der Waals surface area contributed by atoms with Gasteiger partial charge in [0.25, 0.3) is 5.91 Å². The third-order valence-corrected chi connectivity index (χ3v) is 5.18. The van der Waals surface area contributed by atoms with E-state index in [0.717, 1.165) is 43.6 Å². The standard InChI is InChI=1S/C17H17N3O2/c21-17(14-9-16(22-19-14)10-3-4-10)20-11-5-6-15(20)12-2-1-7-18-13(12)8-11/h1-2,7,9-11,15H,3-6,8H2. The van der Waals surface area contributed by atoms with Crippen LogP contribution in [0.15, 0.2) is 28.9 Å². The van der Waals surface area contributed by atoms with E-state index in [0.29, 0.717) is 11.6 Å². The number of carbonyl (C=O) groups is 1. The van der Waals surface area contributed by atoms with Gasteiger partial charge in [-0.1, -0.05) is 11.2 Å².